The molecule has 4 heteroatoms. The Bertz CT molecular complexity index is 4780. The lowest BCUT2D eigenvalue weighted by Gasteiger charge is -2.32. The summed E-state index contributed by atoms with van der Waals surface area (Å²) in [5.74, 6) is 0.722. The van der Waals surface area contributed by atoms with Gasteiger partial charge in [-0.05, 0) is 141 Å². The van der Waals surface area contributed by atoms with E-state index in [4.69, 9.17) is 13.8 Å². The average molecular weight is 1030 g/mol. The molecule has 14 aromatic rings. The first-order chi connectivity index (χ1) is 39.5. The average Bonchev–Trinajstić information content (AvgIpc) is 4.39. The molecule has 3 atom stereocenters. The number of hydrogen-bond donors (Lipinski definition) is 0. The van der Waals surface area contributed by atoms with Crippen molar-refractivity contribution in [2.75, 3.05) is 0 Å². The fourth-order valence-electron chi connectivity index (χ4n) is 13.3. The number of hydrogen-bond acceptors (Lipinski definition) is 3. The molecule has 0 N–H and O–H groups in total. The maximum Gasteiger partial charge on any atom is 0.137 e. The van der Waals surface area contributed by atoms with E-state index in [1.54, 1.807) is 0 Å². The van der Waals surface area contributed by atoms with Gasteiger partial charge in [0.25, 0.3) is 0 Å². The number of para-hydroxylation sites is 2. The highest BCUT2D eigenvalue weighted by atomic mass is 16.3. The molecule has 15 rings (SSSR count). The number of benzene rings is 11. The lowest BCUT2D eigenvalue weighted by atomic mass is 9.71. The fraction of sp³-hybridized carbons (Fsp3) is 0.0921. The van der Waals surface area contributed by atoms with E-state index >= 15 is 0 Å². The normalized spacial score (nSPS) is 15.9. The molecule has 1 aliphatic heterocycles. The van der Waals surface area contributed by atoms with Crippen molar-refractivity contribution >= 4 is 77.1 Å². The van der Waals surface area contributed by atoms with Crippen LogP contribution in [0.3, 0.4) is 0 Å². The number of rotatable bonds is 9. The summed E-state index contributed by atoms with van der Waals surface area (Å²) in [6.07, 6.45) is 0.959. The van der Waals surface area contributed by atoms with Gasteiger partial charge in [-0.25, -0.2) is 0 Å². The summed E-state index contributed by atoms with van der Waals surface area (Å²) in [6, 6.07) is 92.4. The topological polar surface area (TPSA) is 43.6 Å². The van der Waals surface area contributed by atoms with Crippen LogP contribution in [0.4, 0.5) is 0 Å². The highest BCUT2D eigenvalue weighted by Gasteiger charge is 2.36. The molecule has 382 valence electrons. The Hall–Kier alpha value is -9.77. The zero-order valence-electron chi connectivity index (χ0n) is 44.9. The third-order valence-corrected chi connectivity index (χ3v) is 17.3. The van der Waals surface area contributed by atoms with Crippen LogP contribution in [0.25, 0.3) is 122 Å². The van der Waals surface area contributed by atoms with Crippen molar-refractivity contribution in [3.63, 3.8) is 0 Å². The molecule has 11 aromatic carbocycles. The highest BCUT2D eigenvalue weighted by molar-refractivity contribution is 6.16. The van der Waals surface area contributed by atoms with Gasteiger partial charge >= 0.3 is 0 Å². The predicted molar refractivity (Wildman–Crippen MR) is 335 cm³/mol. The van der Waals surface area contributed by atoms with E-state index in [0.717, 1.165) is 123 Å². The molecule has 0 spiro atoms. The Morgan fingerprint density at radius 3 is 1.76 bits per heavy atom. The van der Waals surface area contributed by atoms with Gasteiger partial charge < -0.3 is 13.4 Å². The predicted octanol–water partition coefficient (Wildman–Crippen LogP) is 20.9. The molecule has 0 saturated heterocycles. The zero-order chi connectivity index (χ0) is 53.4. The van der Waals surface area contributed by atoms with Crippen LogP contribution < -0.4 is 0 Å². The molecule has 0 saturated carbocycles. The largest absolute Gasteiger partial charge is 0.456 e. The van der Waals surface area contributed by atoms with Gasteiger partial charge in [0.1, 0.15) is 22.3 Å². The van der Waals surface area contributed by atoms with Gasteiger partial charge in [-0.2, -0.15) is 0 Å². The van der Waals surface area contributed by atoms with Gasteiger partial charge in [-0.3, -0.25) is 4.99 Å². The second kappa shape index (κ2) is 19.3. The van der Waals surface area contributed by atoms with Crippen molar-refractivity contribution in [1.29, 1.82) is 0 Å². The van der Waals surface area contributed by atoms with Gasteiger partial charge in [0.2, 0.25) is 0 Å². The molecular weight excluding hydrogens is 973 g/mol. The SMILES string of the molecule is CCC1C(c2cccc(-c3cccc4oc5ccc(-c6cccc(-c7cc8c(cc7-n7c9ccccc9c9cc(-c%10ccccc%10)ccc97)oc7ccccc78)c6)cc5c34)c2)=NC(c2ccccc2)=C(C)C(C)C1c1ccccc1. The number of aliphatic imine (C=N–C) groups is 1. The first-order valence-corrected chi connectivity index (χ1v) is 28.1. The Morgan fingerprint density at radius 2 is 0.963 bits per heavy atom. The molecule has 4 nitrogen and oxygen atoms in total. The minimum Gasteiger partial charge on any atom is -0.456 e. The minimum atomic E-state index is 0.190. The summed E-state index contributed by atoms with van der Waals surface area (Å²) in [7, 11) is 0. The molecule has 4 heterocycles. The molecule has 0 amide bonds. The lowest BCUT2D eigenvalue weighted by Crippen LogP contribution is -2.26. The van der Waals surface area contributed by atoms with E-state index in [9.17, 15) is 0 Å². The molecule has 80 heavy (non-hydrogen) atoms. The van der Waals surface area contributed by atoms with E-state index in [1.165, 1.54) is 33.0 Å². The van der Waals surface area contributed by atoms with Gasteiger partial charge in [0, 0.05) is 55.4 Å². The third kappa shape index (κ3) is 7.85. The van der Waals surface area contributed by atoms with Crippen molar-refractivity contribution in [2.45, 2.75) is 33.1 Å². The van der Waals surface area contributed by atoms with Crippen LogP contribution in [0.15, 0.2) is 274 Å². The van der Waals surface area contributed by atoms with Crippen LogP contribution in [-0.2, 0) is 0 Å². The van der Waals surface area contributed by atoms with E-state index < -0.39 is 0 Å². The first-order valence-electron chi connectivity index (χ1n) is 28.1. The molecule has 3 unspecified atom stereocenters. The Morgan fingerprint density at radius 1 is 0.400 bits per heavy atom. The van der Waals surface area contributed by atoms with E-state index in [-0.39, 0.29) is 17.8 Å². The fourth-order valence-corrected chi connectivity index (χ4v) is 13.3. The molecule has 0 bridgehead atoms. The van der Waals surface area contributed by atoms with Crippen LogP contribution in [0.5, 0.6) is 0 Å². The van der Waals surface area contributed by atoms with Crippen LogP contribution in [-0.4, -0.2) is 10.3 Å². The molecule has 0 fully saturated rings. The number of nitrogens with zero attached hydrogens (tertiary/aromatic N) is 2. The van der Waals surface area contributed by atoms with E-state index in [2.05, 4.69) is 274 Å². The smallest absolute Gasteiger partial charge is 0.137 e. The van der Waals surface area contributed by atoms with Gasteiger partial charge in [-0.15, -0.1) is 0 Å². The van der Waals surface area contributed by atoms with Crippen LogP contribution >= 0.6 is 0 Å². The number of allylic oxidation sites excluding steroid dienone is 1. The highest BCUT2D eigenvalue weighted by Crippen LogP contribution is 2.47. The van der Waals surface area contributed by atoms with Crippen LogP contribution in [0.1, 0.15) is 49.8 Å². The summed E-state index contributed by atoms with van der Waals surface area (Å²) in [5.41, 5.74) is 23.1. The molecule has 0 aliphatic carbocycles. The lowest BCUT2D eigenvalue weighted by molar-refractivity contribution is 0.426. The molecule has 0 radical (unpaired) electrons. The van der Waals surface area contributed by atoms with Gasteiger partial charge in [-0.1, -0.05) is 202 Å². The van der Waals surface area contributed by atoms with E-state index in [1.807, 2.05) is 6.07 Å². The van der Waals surface area contributed by atoms with Crippen molar-refractivity contribution in [3.8, 4) is 50.2 Å². The maximum absolute atomic E-state index is 6.73. The van der Waals surface area contributed by atoms with Gasteiger partial charge in [0.05, 0.1) is 28.1 Å². The Kier molecular flexibility index (Phi) is 11.4. The quantitative estimate of drug-likeness (QED) is 0.145. The van der Waals surface area contributed by atoms with Gasteiger partial charge in [0.15, 0.2) is 0 Å². The zero-order valence-corrected chi connectivity index (χ0v) is 44.9. The second-order valence-electron chi connectivity index (χ2n) is 21.7. The summed E-state index contributed by atoms with van der Waals surface area (Å²) >= 11 is 0. The standard InChI is InChI=1S/C76H56N2O2/c1-4-58-73(50-23-10-6-11-24-50)47(2)48(3)75(51-25-12-7-13-26-51)77-76(58)57-30-19-28-55(42-57)59-33-20-36-71-74(59)65-44-54(38-40-70(65)79-71)52-27-18-29-56(41-52)62-45-64-61-32-15-17-35-69(61)80-72(64)46-68(62)78-66-34-16-14-31-60(66)63-43-53(37-39-67(63)78)49-21-8-5-9-22-49/h5-47,58,73H,4H2,1-3H3. The Labute approximate surface area is 465 Å². The minimum absolute atomic E-state index is 0.190. The molecule has 3 aromatic heterocycles. The van der Waals surface area contributed by atoms with E-state index in [0.29, 0.717) is 0 Å². The first kappa shape index (κ1) is 47.4. The summed E-state index contributed by atoms with van der Waals surface area (Å²) in [5, 5.41) is 6.78. The molecule has 1 aliphatic rings. The summed E-state index contributed by atoms with van der Waals surface area (Å²) < 4.78 is 15.8. The number of fused-ring (bicyclic) bond motifs is 9. The van der Waals surface area contributed by atoms with Crippen molar-refractivity contribution in [3.05, 3.63) is 277 Å². The molecular formula is C76H56N2O2. The van der Waals surface area contributed by atoms with Crippen molar-refractivity contribution in [2.24, 2.45) is 16.8 Å². The monoisotopic (exact) mass is 1030 g/mol. The van der Waals surface area contributed by atoms with Crippen molar-refractivity contribution in [1.82, 2.24) is 4.57 Å². The maximum atomic E-state index is 6.73. The second-order valence-corrected chi connectivity index (χ2v) is 21.7. The summed E-state index contributed by atoms with van der Waals surface area (Å²) in [4.78, 5) is 5.74. The van der Waals surface area contributed by atoms with Crippen molar-refractivity contribution < 1.29 is 8.83 Å². The number of aromatic nitrogens is 1. The third-order valence-electron chi connectivity index (χ3n) is 17.3. The van der Waals surface area contributed by atoms with Crippen LogP contribution in [0.2, 0.25) is 0 Å². The Balaban J connectivity index is 0.867. The number of furan rings is 2. The van der Waals surface area contributed by atoms with Crippen LogP contribution in [0, 0.1) is 11.8 Å². The summed E-state index contributed by atoms with van der Waals surface area (Å²) in [6.45, 7) is 7.02.